The van der Waals surface area contributed by atoms with Crippen molar-refractivity contribution < 1.29 is 9.59 Å². The molecule has 4 nitrogen and oxygen atoms in total. The molecule has 0 saturated heterocycles. The van der Waals surface area contributed by atoms with Crippen LogP contribution in [0.1, 0.15) is 33.0 Å². The van der Waals surface area contributed by atoms with Crippen LogP contribution < -0.4 is 5.73 Å². The van der Waals surface area contributed by atoms with Gasteiger partial charge in [0, 0.05) is 12.0 Å². The minimum Gasteiger partial charge on any atom is -0.364 e. The topological polar surface area (TPSA) is 73.1 Å². The number of primary amides is 1. The molecule has 13 heavy (non-hydrogen) atoms. The zero-order valence-corrected chi connectivity index (χ0v) is 6.91. The minimum atomic E-state index is -0.554. The van der Waals surface area contributed by atoms with Crippen LogP contribution in [0.2, 0.25) is 0 Å². The van der Waals surface area contributed by atoms with E-state index in [0.717, 1.165) is 0 Å². The van der Waals surface area contributed by atoms with Gasteiger partial charge in [-0.1, -0.05) is 0 Å². The minimum absolute atomic E-state index is 0.0959. The van der Waals surface area contributed by atoms with Gasteiger partial charge in [0.05, 0.1) is 5.69 Å². The molecule has 0 spiro atoms. The van der Waals surface area contributed by atoms with Crippen LogP contribution in [0, 0.1) is 0 Å². The van der Waals surface area contributed by atoms with E-state index in [1.807, 2.05) is 0 Å². The van der Waals surface area contributed by atoms with Gasteiger partial charge in [-0.2, -0.15) is 0 Å². The number of aromatic nitrogens is 1. The van der Waals surface area contributed by atoms with E-state index < -0.39 is 5.91 Å². The van der Waals surface area contributed by atoms with Gasteiger partial charge in [0.2, 0.25) is 0 Å². The number of nitrogens with zero attached hydrogens (tertiary/aromatic N) is 1. The molecule has 66 valence electrons. The van der Waals surface area contributed by atoms with Crippen molar-refractivity contribution in [1.82, 2.24) is 4.98 Å². The summed E-state index contributed by atoms with van der Waals surface area (Å²) in [4.78, 5) is 26.0. The average molecular weight is 176 g/mol. The van der Waals surface area contributed by atoms with Crippen LogP contribution in [-0.2, 0) is 6.42 Å². The van der Waals surface area contributed by atoms with Gasteiger partial charge in [0.15, 0.2) is 5.78 Å². The summed E-state index contributed by atoms with van der Waals surface area (Å²) in [6.07, 6.45) is 1.11. The SMILES string of the molecule is NC(=O)c1ccc2c(n1)CCC2=O. The molecule has 0 aromatic carbocycles. The molecular formula is C9H8N2O2. The van der Waals surface area contributed by atoms with E-state index in [4.69, 9.17) is 5.73 Å². The van der Waals surface area contributed by atoms with Crippen molar-refractivity contribution in [3.05, 3.63) is 29.1 Å². The number of Topliss-reactive ketones (excluding diaryl/α,β-unsaturated/α-hetero) is 1. The van der Waals surface area contributed by atoms with Gasteiger partial charge in [-0.05, 0) is 18.6 Å². The fourth-order valence-corrected chi connectivity index (χ4v) is 1.45. The molecule has 1 aliphatic carbocycles. The van der Waals surface area contributed by atoms with Gasteiger partial charge in [-0.25, -0.2) is 4.98 Å². The van der Waals surface area contributed by atoms with E-state index in [0.29, 0.717) is 24.1 Å². The Morgan fingerprint density at radius 1 is 1.38 bits per heavy atom. The molecule has 0 fully saturated rings. The van der Waals surface area contributed by atoms with E-state index in [-0.39, 0.29) is 11.5 Å². The molecule has 1 aliphatic rings. The first kappa shape index (κ1) is 7.91. The number of hydrogen-bond acceptors (Lipinski definition) is 3. The standard InChI is InChI=1S/C9H8N2O2/c10-9(13)7-2-1-5-6(11-7)3-4-8(5)12/h1-2H,3-4H2,(H2,10,13). The fourth-order valence-electron chi connectivity index (χ4n) is 1.45. The van der Waals surface area contributed by atoms with Gasteiger partial charge in [-0.15, -0.1) is 0 Å². The lowest BCUT2D eigenvalue weighted by molar-refractivity contribution is 0.0984. The first-order chi connectivity index (χ1) is 6.18. The molecule has 0 saturated carbocycles. The van der Waals surface area contributed by atoms with E-state index >= 15 is 0 Å². The highest BCUT2D eigenvalue weighted by atomic mass is 16.1. The van der Waals surface area contributed by atoms with Crippen molar-refractivity contribution in [2.75, 3.05) is 0 Å². The summed E-state index contributed by atoms with van der Waals surface area (Å²) in [6.45, 7) is 0. The molecule has 2 N–H and O–H groups in total. The van der Waals surface area contributed by atoms with E-state index in [9.17, 15) is 9.59 Å². The second kappa shape index (κ2) is 2.65. The van der Waals surface area contributed by atoms with E-state index in [2.05, 4.69) is 4.98 Å². The number of rotatable bonds is 1. The molecule has 0 aliphatic heterocycles. The Bertz CT molecular complexity index is 399. The van der Waals surface area contributed by atoms with Crippen LogP contribution in [0.15, 0.2) is 12.1 Å². The molecule has 1 amide bonds. The Labute approximate surface area is 74.8 Å². The number of carbonyl (C=O) groups is 2. The Morgan fingerprint density at radius 3 is 2.85 bits per heavy atom. The van der Waals surface area contributed by atoms with Crippen LogP contribution in [0.3, 0.4) is 0 Å². The maximum atomic E-state index is 11.2. The van der Waals surface area contributed by atoms with Crippen LogP contribution >= 0.6 is 0 Å². The average Bonchev–Trinajstić information content (AvgIpc) is 2.47. The lowest BCUT2D eigenvalue weighted by atomic mass is 10.2. The molecule has 0 bridgehead atoms. The smallest absolute Gasteiger partial charge is 0.267 e. The molecule has 1 heterocycles. The third-order valence-electron chi connectivity index (χ3n) is 2.12. The lowest BCUT2D eigenvalue weighted by Crippen LogP contribution is -2.14. The van der Waals surface area contributed by atoms with Crippen molar-refractivity contribution in [3.63, 3.8) is 0 Å². The molecule has 0 radical (unpaired) electrons. The largest absolute Gasteiger partial charge is 0.364 e. The number of carbonyl (C=O) groups excluding carboxylic acids is 2. The molecule has 0 unspecified atom stereocenters. The van der Waals surface area contributed by atoms with Crippen molar-refractivity contribution in [1.29, 1.82) is 0 Å². The first-order valence-electron chi connectivity index (χ1n) is 4.01. The Morgan fingerprint density at radius 2 is 2.15 bits per heavy atom. The predicted octanol–water partition coefficient (Wildman–Crippen LogP) is 0.309. The Kier molecular flexibility index (Phi) is 1.62. The quantitative estimate of drug-likeness (QED) is 0.669. The fraction of sp³-hybridized carbons (Fsp3) is 0.222. The summed E-state index contributed by atoms with van der Waals surface area (Å²) < 4.78 is 0. The van der Waals surface area contributed by atoms with E-state index in [1.165, 1.54) is 6.07 Å². The molecule has 1 aromatic heterocycles. The summed E-state index contributed by atoms with van der Waals surface area (Å²) in [7, 11) is 0. The van der Waals surface area contributed by atoms with E-state index in [1.54, 1.807) is 6.07 Å². The highest BCUT2D eigenvalue weighted by Crippen LogP contribution is 2.19. The van der Waals surface area contributed by atoms with Crippen molar-refractivity contribution >= 4 is 11.7 Å². The van der Waals surface area contributed by atoms with Gasteiger partial charge >= 0.3 is 0 Å². The van der Waals surface area contributed by atoms with Crippen LogP contribution in [0.4, 0.5) is 0 Å². The van der Waals surface area contributed by atoms with Crippen LogP contribution in [-0.4, -0.2) is 16.7 Å². The van der Waals surface area contributed by atoms with Crippen LogP contribution in [0.25, 0.3) is 0 Å². The molecule has 0 atom stereocenters. The lowest BCUT2D eigenvalue weighted by Gasteiger charge is -1.98. The Hall–Kier alpha value is -1.71. The first-order valence-corrected chi connectivity index (χ1v) is 4.01. The van der Waals surface area contributed by atoms with Gasteiger partial charge in [0.25, 0.3) is 5.91 Å². The highest BCUT2D eigenvalue weighted by molar-refractivity contribution is 6.00. The van der Waals surface area contributed by atoms with Gasteiger partial charge < -0.3 is 5.73 Å². The number of ketones is 1. The second-order valence-corrected chi connectivity index (χ2v) is 2.98. The number of fused-ring (bicyclic) bond motifs is 1. The molecule has 2 rings (SSSR count). The zero-order valence-electron chi connectivity index (χ0n) is 6.91. The monoisotopic (exact) mass is 176 g/mol. The number of amides is 1. The third-order valence-corrected chi connectivity index (χ3v) is 2.12. The summed E-state index contributed by atoms with van der Waals surface area (Å²) in [6, 6.07) is 3.11. The summed E-state index contributed by atoms with van der Waals surface area (Å²) in [5.41, 5.74) is 6.61. The second-order valence-electron chi connectivity index (χ2n) is 2.98. The third kappa shape index (κ3) is 1.20. The summed E-state index contributed by atoms with van der Waals surface area (Å²) in [5, 5.41) is 0. The van der Waals surface area contributed by atoms with Crippen molar-refractivity contribution in [2.45, 2.75) is 12.8 Å². The summed E-state index contributed by atoms with van der Waals surface area (Å²) in [5.74, 6) is -0.458. The van der Waals surface area contributed by atoms with Gasteiger partial charge in [0.1, 0.15) is 5.69 Å². The van der Waals surface area contributed by atoms with Crippen LogP contribution in [0.5, 0.6) is 0 Å². The molecular weight excluding hydrogens is 168 g/mol. The number of aryl methyl sites for hydroxylation is 1. The zero-order chi connectivity index (χ0) is 9.42. The maximum Gasteiger partial charge on any atom is 0.267 e. The molecule has 4 heteroatoms. The predicted molar refractivity (Wildman–Crippen MR) is 45.4 cm³/mol. The molecule has 1 aromatic rings. The Balaban J connectivity index is 2.51. The normalized spacial score (nSPS) is 14.3. The number of pyridine rings is 1. The maximum absolute atomic E-state index is 11.2. The number of hydrogen-bond donors (Lipinski definition) is 1. The van der Waals surface area contributed by atoms with Crippen molar-refractivity contribution in [3.8, 4) is 0 Å². The van der Waals surface area contributed by atoms with Crippen molar-refractivity contribution in [2.24, 2.45) is 5.73 Å². The number of nitrogens with two attached hydrogens (primary N) is 1. The highest BCUT2D eigenvalue weighted by Gasteiger charge is 2.21. The van der Waals surface area contributed by atoms with Gasteiger partial charge in [-0.3, -0.25) is 9.59 Å². The summed E-state index contributed by atoms with van der Waals surface area (Å²) >= 11 is 0.